The van der Waals surface area contributed by atoms with Crippen molar-refractivity contribution >= 4 is 41.0 Å². The van der Waals surface area contributed by atoms with Crippen molar-refractivity contribution < 1.29 is 28.6 Å². The van der Waals surface area contributed by atoms with Crippen LogP contribution < -0.4 is 5.32 Å². The van der Waals surface area contributed by atoms with Crippen molar-refractivity contribution in [3.05, 3.63) is 82.6 Å². The van der Waals surface area contributed by atoms with Gasteiger partial charge in [-0.25, -0.2) is 0 Å². The molecule has 0 aromatic heterocycles. The van der Waals surface area contributed by atoms with E-state index in [-0.39, 0.29) is 54.1 Å². The number of carbonyl (C=O) groups excluding carboxylic acids is 3. The van der Waals surface area contributed by atoms with Gasteiger partial charge in [0, 0.05) is 40.9 Å². The maximum Gasteiger partial charge on any atom is 0.305 e. The second kappa shape index (κ2) is 13.7. The van der Waals surface area contributed by atoms with Crippen LogP contribution in [-0.2, 0) is 28.6 Å². The molecule has 0 saturated carbocycles. The second-order valence-electron chi connectivity index (χ2n) is 10.4. The fraction of sp³-hybridized carbons (Fsp3) is 0.406. The molecule has 1 aliphatic heterocycles. The lowest BCUT2D eigenvalue weighted by Gasteiger charge is -2.43. The van der Waals surface area contributed by atoms with Gasteiger partial charge in [0.1, 0.15) is 11.9 Å². The Morgan fingerprint density at radius 1 is 1.00 bits per heavy atom. The van der Waals surface area contributed by atoms with Gasteiger partial charge in [-0.2, -0.15) is 0 Å². The summed E-state index contributed by atoms with van der Waals surface area (Å²) in [6, 6.07) is 14.3. The Morgan fingerprint density at radius 3 is 2.49 bits per heavy atom. The number of carbonyl (C=O) groups is 3. The Morgan fingerprint density at radius 2 is 1.76 bits per heavy atom. The first kappa shape index (κ1) is 30.9. The topological polar surface area (TPSA) is 90.9 Å². The standard InChI is InChI=1S/C32H36ClNO6S/c1-32(17-7-10-26(38-2)30(32)40-4)31-25-18-20(33)11-13-23(25)22-8-5-6-9-24(22)27(41-31)14-15-28(36)34-19-21(35)12-16-29(37)39-3/h5-11,13,17-18,27,30-31H,12,14-16,19H2,1-4H3,(H,34,36)/t27-,30?,31+,32?/m1/s1. The lowest BCUT2D eigenvalue weighted by Crippen LogP contribution is -2.40. The zero-order chi connectivity index (χ0) is 29.6. The summed E-state index contributed by atoms with van der Waals surface area (Å²) < 4.78 is 16.3. The fourth-order valence-corrected chi connectivity index (χ4v) is 7.57. The van der Waals surface area contributed by atoms with Crippen molar-refractivity contribution in [2.45, 2.75) is 49.2 Å². The van der Waals surface area contributed by atoms with Crippen molar-refractivity contribution in [1.82, 2.24) is 5.32 Å². The quantitative estimate of drug-likeness (QED) is 0.301. The highest BCUT2D eigenvalue weighted by atomic mass is 35.5. The predicted octanol–water partition coefficient (Wildman–Crippen LogP) is 6.38. The third-order valence-electron chi connectivity index (χ3n) is 7.72. The Balaban J connectivity index is 1.61. The number of methoxy groups -OCH3 is 3. The molecule has 2 aromatic rings. The zero-order valence-corrected chi connectivity index (χ0v) is 25.3. The number of hydrogen-bond acceptors (Lipinski definition) is 7. The molecule has 0 bridgehead atoms. The molecule has 4 atom stereocenters. The molecule has 1 N–H and O–H groups in total. The number of thioether (sulfide) groups is 1. The van der Waals surface area contributed by atoms with E-state index in [2.05, 4.69) is 41.3 Å². The Labute approximate surface area is 250 Å². The third-order valence-corrected chi connectivity index (χ3v) is 9.81. The van der Waals surface area contributed by atoms with E-state index in [0.29, 0.717) is 11.4 Å². The highest BCUT2D eigenvalue weighted by Crippen LogP contribution is 2.60. The number of hydrogen-bond donors (Lipinski definition) is 1. The molecule has 9 heteroatoms. The minimum Gasteiger partial charge on any atom is -0.498 e. The van der Waals surface area contributed by atoms with Crippen molar-refractivity contribution in [2.75, 3.05) is 27.9 Å². The van der Waals surface area contributed by atoms with E-state index in [1.54, 1.807) is 26.0 Å². The Kier molecular flexibility index (Phi) is 10.3. The van der Waals surface area contributed by atoms with Crippen LogP contribution in [0.4, 0.5) is 0 Å². The molecule has 2 aliphatic rings. The van der Waals surface area contributed by atoms with Crippen LogP contribution >= 0.6 is 23.4 Å². The summed E-state index contributed by atoms with van der Waals surface area (Å²) >= 11 is 8.37. The van der Waals surface area contributed by atoms with E-state index in [1.807, 2.05) is 36.4 Å². The van der Waals surface area contributed by atoms with Crippen molar-refractivity contribution in [3.8, 4) is 11.1 Å². The van der Waals surface area contributed by atoms with E-state index in [9.17, 15) is 14.4 Å². The van der Waals surface area contributed by atoms with Gasteiger partial charge in [0.05, 0.1) is 27.2 Å². The maximum atomic E-state index is 12.8. The molecular weight excluding hydrogens is 562 g/mol. The number of amides is 1. The number of ether oxygens (including phenoxy) is 3. The van der Waals surface area contributed by atoms with Gasteiger partial charge < -0.3 is 19.5 Å². The van der Waals surface area contributed by atoms with Gasteiger partial charge in [-0.3, -0.25) is 14.4 Å². The van der Waals surface area contributed by atoms with Crippen molar-refractivity contribution in [1.29, 1.82) is 0 Å². The maximum absolute atomic E-state index is 12.8. The molecule has 218 valence electrons. The van der Waals surface area contributed by atoms with Crippen LogP contribution in [0.3, 0.4) is 0 Å². The van der Waals surface area contributed by atoms with E-state index < -0.39 is 11.4 Å². The summed E-state index contributed by atoms with van der Waals surface area (Å²) in [5.41, 5.74) is 3.96. The summed E-state index contributed by atoms with van der Waals surface area (Å²) in [6.07, 6.45) is 6.62. The van der Waals surface area contributed by atoms with Gasteiger partial charge in [0.15, 0.2) is 5.78 Å². The largest absolute Gasteiger partial charge is 0.498 e. The predicted molar refractivity (Wildman–Crippen MR) is 162 cm³/mol. The number of allylic oxidation sites excluding steroid dienone is 2. The zero-order valence-electron chi connectivity index (χ0n) is 23.8. The molecule has 1 heterocycles. The second-order valence-corrected chi connectivity index (χ2v) is 12.1. The normalized spacial score (nSPS) is 23.0. The number of benzene rings is 2. The Bertz CT molecular complexity index is 1360. The van der Waals surface area contributed by atoms with Crippen LogP contribution in [-0.4, -0.2) is 51.6 Å². The van der Waals surface area contributed by atoms with Gasteiger partial charge in [-0.15, -0.1) is 11.8 Å². The van der Waals surface area contributed by atoms with Crippen LogP contribution in [0.5, 0.6) is 0 Å². The highest BCUT2D eigenvalue weighted by molar-refractivity contribution is 7.99. The number of nitrogens with one attached hydrogen (secondary N) is 1. The minimum absolute atomic E-state index is 0.00230. The first-order valence-electron chi connectivity index (χ1n) is 13.6. The van der Waals surface area contributed by atoms with Crippen LogP contribution in [0, 0.1) is 5.41 Å². The summed E-state index contributed by atoms with van der Waals surface area (Å²) in [6.45, 7) is 2.06. The molecule has 4 rings (SSSR count). The number of fused-ring (bicyclic) bond motifs is 3. The average Bonchev–Trinajstić information content (AvgIpc) is 3.12. The van der Waals surface area contributed by atoms with E-state index >= 15 is 0 Å². The number of Topliss-reactive ketones (excluding diaryl/α,β-unsaturated/α-hetero) is 1. The van der Waals surface area contributed by atoms with Crippen molar-refractivity contribution in [3.63, 3.8) is 0 Å². The summed E-state index contributed by atoms with van der Waals surface area (Å²) in [4.78, 5) is 36.3. The highest BCUT2D eigenvalue weighted by Gasteiger charge is 2.47. The monoisotopic (exact) mass is 597 g/mol. The van der Waals surface area contributed by atoms with Crippen LogP contribution in [0.25, 0.3) is 11.1 Å². The van der Waals surface area contributed by atoms with Crippen LogP contribution in [0.15, 0.2) is 66.5 Å². The van der Waals surface area contributed by atoms with Gasteiger partial charge in [-0.05, 0) is 46.9 Å². The number of esters is 1. The lowest BCUT2D eigenvalue weighted by molar-refractivity contribution is -0.141. The molecule has 7 nitrogen and oxygen atoms in total. The van der Waals surface area contributed by atoms with Crippen molar-refractivity contribution in [2.24, 2.45) is 5.41 Å². The molecule has 0 fully saturated rings. The molecule has 0 radical (unpaired) electrons. The van der Waals surface area contributed by atoms with E-state index in [1.165, 1.54) is 7.11 Å². The van der Waals surface area contributed by atoms with Crippen LogP contribution in [0.2, 0.25) is 5.02 Å². The van der Waals surface area contributed by atoms with E-state index in [0.717, 1.165) is 28.0 Å². The molecule has 0 spiro atoms. The van der Waals surface area contributed by atoms with Gasteiger partial charge in [0.2, 0.25) is 5.91 Å². The van der Waals surface area contributed by atoms with Gasteiger partial charge in [0.25, 0.3) is 0 Å². The Hall–Kier alpha value is -3.07. The molecule has 1 amide bonds. The lowest BCUT2D eigenvalue weighted by atomic mass is 9.73. The first-order valence-corrected chi connectivity index (χ1v) is 14.9. The molecule has 2 unspecified atom stereocenters. The van der Waals surface area contributed by atoms with Gasteiger partial charge >= 0.3 is 5.97 Å². The number of halogens is 1. The smallest absolute Gasteiger partial charge is 0.305 e. The van der Waals surface area contributed by atoms with E-state index in [4.69, 9.17) is 21.1 Å². The molecule has 0 saturated heterocycles. The average molecular weight is 598 g/mol. The summed E-state index contributed by atoms with van der Waals surface area (Å²) in [7, 11) is 4.63. The van der Waals surface area contributed by atoms with Crippen LogP contribution in [0.1, 0.15) is 54.2 Å². The SMILES string of the molecule is COC(=O)CCC(=O)CNC(=O)CC[C@H]1S[C@H](C2(C)C=CC=C(OC)C2OC)c2cc(Cl)ccc2-c2ccccc21. The summed E-state index contributed by atoms with van der Waals surface area (Å²) in [5.74, 6) is -0.124. The number of ketones is 1. The molecular formula is C32H36ClNO6S. The first-order chi connectivity index (χ1) is 19.7. The third kappa shape index (κ3) is 6.88. The van der Waals surface area contributed by atoms with Gasteiger partial charge in [-0.1, -0.05) is 61.0 Å². The summed E-state index contributed by atoms with van der Waals surface area (Å²) in [5, 5.41) is 3.26. The number of rotatable bonds is 11. The fourth-order valence-electron chi connectivity index (χ4n) is 5.62. The minimum atomic E-state index is -0.493. The molecule has 1 aliphatic carbocycles. The molecule has 41 heavy (non-hydrogen) atoms. The molecule has 2 aromatic carbocycles.